The predicted molar refractivity (Wildman–Crippen MR) is 128 cm³/mol. The number of likely N-dealkylation sites (tertiary alicyclic amines) is 1. The van der Waals surface area contributed by atoms with E-state index in [0.29, 0.717) is 17.9 Å². The van der Waals surface area contributed by atoms with E-state index in [1.54, 1.807) is 25.3 Å². The minimum atomic E-state index is -5.08. The number of alkyl halides is 3. The van der Waals surface area contributed by atoms with E-state index < -0.39 is 12.1 Å². The Morgan fingerprint density at radius 2 is 1.78 bits per heavy atom. The van der Waals surface area contributed by atoms with Gasteiger partial charge in [0.1, 0.15) is 11.3 Å². The third kappa shape index (κ3) is 7.59. The average Bonchev–Trinajstić information content (AvgIpc) is 2.85. The summed E-state index contributed by atoms with van der Waals surface area (Å²) in [5.41, 5.74) is 1.84. The van der Waals surface area contributed by atoms with Gasteiger partial charge in [0, 0.05) is 37.1 Å². The Hall–Kier alpha value is -3.80. The van der Waals surface area contributed by atoms with Crippen LogP contribution >= 0.6 is 0 Å². The molecule has 3 aromatic rings. The Morgan fingerprint density at radius 1 is 1.11 bits per heavy atom. The standard InChI is InChI=1S/C23H25FN2O4.C2HF3O2/c1-28-17-4-6-21-18(12-17)20(13-23(27)30-21)25-16-7-9-26(10-8-16)14-15-3-5-22(29-2)19(24)11-15;3-2(4,5)1(6)7/h3-6,11-13,16,25H,7-10,14H2,1-2H3;(H,6,7). The van der Waals surface area contributed by atoms with Gasteiger partial charge in [-0.1, -0.05) is 6.07 Å². The van der Waals surface area contributed by atoms with Gasteiger partial charge in [0.2, 0.25) is 0 Å². The molecule has 4 rings (SSSR count). The molecule has 12 heteroatoms. The van der Waals surface area contributed by atoms with Gasteiger partial charge in [0.05, 0.1) is 19.9 Å². The number of ether oxygens (including phenoxy) is 2. The molecule has 2 aromatic carbocycles. The summed E-state index contributed by atoms with van der Waals surface area (Å²) in [6, 6.07) is 12.2. The van der Waals surface area contributed by atoms with Crippen LogP contribution in [0.2, 0.25) is 0 Å². The first-order valence-electron chi connectivity index (χ1n) is 11.2. The van der Waals surface area contributed by atoms with Crippen LogP contribution in [-0.2, 0) is 11.3 Å². The number of piperidine rings is 1. The Labute approximate surface area is 209 Å². The molecule has 8 nitrogen and oxygen atoms in total. The first kappa shape index (κ1) is 27.8. The molecule has 1 saturated heterocycles. The number of carbonyl (C=O) groups is 1. The van der Waals surface area contributed by atoms with Crippen LogP contribution in [-0.4, -0.2) is 55.5 Å². The maximum absolute atomic E-state index is 13.9. The van der Waals surface area contributed by atoms with Gasteiger partial charge < -0.3 is 24.3 Å². The molecule has 0 radical (unpaired) electrons. The Morgan fingerprint density at radius 3 is 2.35 bits per heavy atom. The summed E-state index contributed by atoms with van der Waals surface area (Å²) >= 11 is 0. The summed E-state index contributed by atoms with van der Waals surface area (Å²) in [5.74, 6) is -2.12. The first-order chi connectivity index (χ1) is 17.5. The molecular formula is C25H26F4N2O6. The minimum Gasteiger partial charge on any atom is -0.497 e. The third-order valence-corrected chi connectivity index (χ3v) is 5.76. The zero-order valence-corrected chi connectivity index (χ0v) is 20.1. The molecule has 1 aromatic heterocycles. The highest BCUT2D eigenvalue weighted by Crippen LogP contribution is 2.28. The van der Waals surface area contributed by atoms with Crippen molar-refractivity contribution in [1.82, 2.24) is 4.90 Å². The summed E-state index contributed by atoms with van der Waals surface area (Å²) in [4.78, 5) is 23.1. The highest BCUT2D eigenvalue weighted by molar-refractivity contribution is 5.90. The number of nitrogens with zero attached hydrogens (tertiary/aromatic N) is 1. The number of carboxylic acid groups (broad SMARTS) is 1. The van der Waals surface area contributed by atoms with Crippen molar-refractivity contribution in [3.05, 3.63) is 64.3 Å². The van der Waals surface area contributed by atoms with Crippen molar-refractivity contribution in [3.8, 4) is 11.5 Å². The fraction of sp³-hybridized carbons (Fsp3) is 0.360. The minimum absolute atomic E-state index is 0.241. The van der Waals surface area contributed by atoms with Gasteiger partial charge >= 0.3 is 17.8 Å². The van der Waals surface area contributed by atoms with Crippen molar-refractivity contribution in [2.24, 2.45) is 0 Å². The van der Waals surface area contributed by atoms with Crippen LogP contribution in [0.25, 0.3) is 11.0 Å². The van der Waals surface area contributed by atoms with Crippen LogP contribution < -0.4 is 20.4 Å². The van der Waals surface area contributed by atoms with E-state index in [1.807, 2.05) is 12.1 Å². The second-order valence-electron chi connectivity index (χ2n) is 8.31. The van der Waals surface area contributed by atoms with Crippen molar-refractivity contribution in [2.45, 2.75) is 31.6 Å². The highest BCUT2D eigenvalue weighted by atomic mass is 19.4. The quantitative estimate of drug-likeness (QED) is 0.354. The van der Waals surface area contributed by atoms with Crippen molar-refractivity contribution >= 4 is 22.6 Å². The maximum atomic E-state index is 13.9. The summed E-state index contributed by atoms with van der Waals surface area (Å²) in [5, 5.41) is 11.5. The van der Waals surface area contributed by atoms with E-state index in [0.717, 1.165) is 42.6 Å². The lowest BCUT2D eigenvalue weighted by molar-refractivity contribution is -0.192. The number of halogens is 4. The zero-order chi connectivity index (χ0) is 27.2. The SMILES string of the molecule is COc1ccc2oc(=O)cc(NC3CCN(Cc4ccc(OC)c(F)c4)CC3)c2c1.O=C(O)C(F)(F)F. The molecule has 1 aliphatic heterocycles. The van der Waals surface area contributed by atoms with Crippen molar-refractivity contribution in [2.75, 3.05) is 32.6 Å². The number of methoxy groups -OCH3 is 2. The van der Waals surface area contributed by atoms with Gasteiger partial charge in [0.25, 0.3) is 0 Å². The molecular weight excluding hydrogens is 500 g/mol. The molecule has 0 bridgehead atoms. The predicted octanol–water partition coefficient (Wildman–Crippen LogP) is 4.66. The van der Waals surface area contributed by atoms with Gasteiger partial charge in [-0.25, -0.2) is 14.0 Å². The highest BCUT2D eigenvalue weighted by Gasteiger charge is 2.38. The molecule has 200 valence electrons. The molecule has 37 heavy (non-hydrogen) atoms. The van der Waals surface area contributed by atoms with E-state index in [1.165, 1.54) is 19.2 Å². The maximum Gasteiger partial charge on any atom is 0.490 e. The van der Waals surface area contributed by atoms with Gasteiger partial charge in [-0.2, -0.15) is 13.2 Å². The molecule has 0 spiro atoms. The van der Waals surface area contributed by atoms with Crippen LogP contribution in [0, 0.1) is 5.82 Å². The van der Waals surface area contributed by atoms with E-state index in [2.05, 4.69) is 10.2 Å². The number of hydrogen-bond acceptors (Lipinski definition) is 7. The van der Waals surface area contributed by atoms with Gasteiger partial charge in [-0.15, -0.1) is 0 Å². The van der Waals surface area contributed by atoms with Crippen LogP contribution in [0.3, 0.4) is 0 Å². The zero-order valence-electron chi connectivity index (χ0n) is 20.1. The van der Waals surface area contributed by atoms with Crippen molar-refractivity contribution < 1.29 is 41.4 Å². The topological polar surface area (TPSA) is 101 Å². The molecule has 0 saturated carbocycles. The Bertz CT molecular complexity index is 1290. The van der Waals surface area contributed by atoms with Crippen LogP contribution in [0.4, 0.5) is 23.2 Å². The number of carboxylic acids is 1. The number of fused-ring (bicyclic) bond motifs is 1. The molecule has 1 aliphatic rings. The van der Waals surface area contributed by atoms with E-state index >= 15 is 0 Å². The molecule has 0 unspecified atom stereocenters. The smallest absolute Gasteiger partial charge is 0.490 e. The average molecular weight is 526 g/mol. The number of anilines is 1. The molecule has 2 N–H and O–H groups in total. The van der Waals surface area contributed by atoms with Gasteiger partial charge in [0.15, 0.2) is 11.6 Å². The lowest BCUT2D eigenvalue weighted by Gasteiger charge is -2.33. The largest absolute Gasteiger partial charge is 0.497 e. The Balaban J connectivity index is 0.000000479. The van der Waals surface area contributed by atoms with Crippen molar-refractivity contribution in [1.29, 1.82) is 0 Å². The Kier molecular flexibility index (Phi) is 8.98. The summed E-state index contributed by atoms with van der Waals surface area (Å²) in [6.45, 7) is 2.46. The number of aliphatic carboxylic acids is 1. The molecule has 1 fully saturated rings. The van der Waals surface area contributed by atoms with E-state index in [4.69, 9.17) is 23.8 Å². The van der Waals surface area contributed by atoms with Crippen LogP contribution in [0.1, 0.15) is 18.4 Å². The van der Waals surface area contributed by atoms with E-state index in [-0.39, 0.29) is 23.2 Å². The fourth-order valence-electron chi connectivity index (χ4n) is 3.91. The molecule has 0 amide bonds. The fourth-order valence-corrected chi connectivity index (χ4v) is 3.91. The lowest BCUT2D eigenvalue weighted by atomic mass is 10.0. The molecule has 0 aliphatic carbocycles. The third-order valence-electron chi connectivity index (χ3n) is 5.76. The number of nitrogens with one attached hydrogen (secondary N) is 1. The molecule has 0 atom stereocenters. The second kappa shape index (κ2) is 12.0. The number of rotatable bonds is 6. The summed E-state index contributed by atoms with van der Waals surface area (Å²) in [7, 11) is 3.07. The van der Waals surface area contributed by atoms with Gasteiger partial charge in [-0.05, 0) is 48.7 Å². The summed E-state index contributed by atoms with van der Waals surface area (Å²) < 4.78 is 61.2. The van der Waals surface area contributed by atoms with Gasteiger partial charge in [-0.3, -0.25) is 4.90 Å². The lowest BCUT2D eigenvalue weighted by Crippen LogP contribution is -2.38. The van der Waals surface area contributed by atoms with Crippen LogP contribution in [0.5, 0.6) is 11.5 Å². The number of hydrogen-bond donors (Lipinski definition) is 2. The first-order valence-corrected chi connectivity index (χ1v) is 11.2. The molecule has 2 heterocycles. The van der Waals surface area contributed by atoms with Crippen molar-refractivity contribution in [3.63, 3.8) is 0 Å². The van der Waals surface area contributed by atoms with Crippen LogP contribution in [0.15, 0.2) is 51.7 Å². The normalized spacial score (nSPS) is 14.5. The van der Waals surface area contributed by atoms with E-state index in [9.17, 15) is 22.4 Å². The monoisotopic (exact) mass is 526 g/mol. The summed E-state index contributed by atoms with van der Waals surface area (Å²) in [6.07, 6.45) is -3.24. The number of benzene rings is 2. The second-order valence-corrected chi connectivity index (χ2v) is 8.31.